The van der Waals surface area contributed by atoms with Crippen molar-refractivity contribution >= 4 is 11.6 Å². The van der Waals surface area contributed by atoms with Crippen molar-refractivity contribution in [3.8, 4) is 0 Å². The van der Waals surface area contributed by atoms with Crippen molar-refractivity contribution < 1.29 is 4.79 Å². The lowest BCUT2D eigenvalue weighted by Gasteiger charge is -2.17. The summed E-state index contributed by atoms with van der Waals surface area (Å²) in [5.41, 5.74) is 3.35. The van der Waals surface area contributed by atoms with Crippen LogP contribution in [0.1, 0.15) is 34.6 Å². The molecular weight excluding hydrogens is 140 g/mol. The molecule has 11 heavy (non-hydrogen) atoms. The van der Waals surface area contributed by atoms with Crippen LogP contribution < -0.4 is 5.43 Å². The smallest absolute Gasteiger partial charge is 0.236 e. The Balaban J connectivity index is 4.12. The Morgan fingerprint density at radius 3 is 2.00 bits per heavy atom. The van der Waals surface area contributed by atoms with Gasteiger partial charge in [-0.3, -0.25) is 4.79 Å². The van der Waals surface area contributed by atoms with Crippen molar-refractivity contribution in [1.82, 2.24) is 5.43 Å². The van der Waals surface area contributed by atoms with Crippen molar-refractivity contribution in [3.63, 3.8) is 0 Å². The summed E-state index contributed by atoms with van der Waals surface area (Å²) in [7, 11) is 0. The lowest BCUT2D eigenvalue weighted by Crippen LogP contribution is -2.22. The van der Waals surface area contributed by atoms with Crippen LogP contribution in [-0.4, -0.2) is 11.6 Å². The minimum absolute atomic E-state index is 0.0302. The van der Waals surface area contributed by atoms with Gasteiger partial charge in [0.05, 0.1) is 0 Å². The molecule has 0 aromatic heterocycles. The molecule has 0 rings (SSSR count). The number of carbonyl (C=O) groups excluding carboxylic acids is 1. The molecule has 3 nitrogen and oxygen atoms in total. The molecule has 3 heteroatoms. The van der Waals surface area contributed by atoms with Gasteiger partial charge in [-0.2, -0.15) is 5.10 Å². The van der Waals surface area contributed by atoms with Gasteiger partial charge in [0.25, 0.3) is 0 Å². The predicted molar refractivity (Wildman–Crippen MR) is 46.4 cm³/mol. The molecule has 0 aliphatic heterocycles. The Kier molecular flexibility index (Phi) is 3.23. The molecule has 0 radical (unpaired) electrons. The van der Waals surface area contributed by atoms with Crippen LogP contribution in [0.3, 0.4) is 0 Å². The Morgan fingerprint density at radius 1 is 1.27 bits per heavy atom. The fourth-order valence-corrected chi connectivity index (χ4v) is 0.330. The number of hydrazone groups is 1. The third-order valence-electron chi connectivity index (χ3n) is 1.47. The molecule has 0 aromatic rings. The van der Waals surface area contributed by atoms with Crippen molar-refractivity contribution in [3.05, 3.63) is 0 Å². The van der Waals surface area contributed by atoms with Crippen molar-refractivity contribution in [2.75, 3.05) is 0 Å². The SMILES string of the molecule is CC(=O)N/N=C(\C)C(C)(C)C. The molecule has 0 unspecified atom stereocenters. The summed E-state index contributed by atoms with van der Waals surface area (Å²) in [6.45, 7) is 9.49. The van der Waals surface area contributed by atoms with E-state index < -0.39 is 0 Å². The van der Waals surface area contributed by atoms with Gasteiger partial charge >= 0.3 is 0 Å². The van der Waals surface area contributed by atoms with Gasteiger partial charge in [-0.15, -0.1) is 0 Å². The zero-order chi connectivity index (χ0) is 9.07. The van der Waals surface area contributed by atoms with Crippen molar-refractivity contribution in [2.24, 2.45) is 10.5 Å². The molecule has 0 saturated heterocycles. The Labute approximate surface area is 67.9 Å². The Morgan fingerprint density at radius 2 is 1.73 bits per heavy atom. The van der Waals surface area contributed by atoms with Crippen LogP contribution in [0.25, 0.3) is 0 Å². The molecule has 0 atom stereocenters. The van der Waals surface area contributed by atoms with E-state index in [4.69, 9.17) is 0 Å². The maximum Gasteiger partial charge on any atom is 0.236 e. The molecule has 0 heterocycles. The minimum atomic E-state index is -0.131. The van der Waals surface area contributed by atoms with E-state index in [-0.39, 0.29) is 11.3 Å². The maximum atomic E-state index is 10.5. The molecule has 0 fully saturated rings. The molecule has 0 bridgehead atoms. The van der Waals surface area contributed by atoms with Gasteiger partial charge in [-0.05, 0) is 6.92 Å². The quantitative estimate of drug-likeness (QED) is 0.454. The van der Waals surface area contributed by atoms with Crippen LogP contribution in [0.2, 0.25) is 0 Å². The van der Waals surface area contributed by atoms with Gasteiger partial charge in [0.1, 0.15) is 0 Å². The second-order valence-corrected chi connectivity index (χ2v) is 3.62. The number of amides is 1. The first-order valence-corrected chi connectivity index (χ1v) is 3.65. The van der Waals surface area contributed by atoms with Crippen LogP contribution in [-0.2, 0) is 4.79 Å². The summed E-state index contributed by atoms with van der Waals surface area (Å²) in [4.78, 5) is 10.5. The molecule has 0 saturated carbocycles. The van der Waals surface area contributed by atoms with Crippen LogP contribution in [0.5, 0.6) is 0 Å². The van der Waals surface area contributed by atoms with Crippen LogP contribution in [0.4, 0.5) is 0 Å². The minimum Gasteiger partial charge on any atom is -0.274 e. The summed E-state index contributed by atoms with van der Waals surface area (Å²) in [6, 6.07) is 0. The molecule has 0 aromatic carbocycles. The standard InChI is InChI=1S/C8H16N2O/c1-6(8(3,4)5)9-10-7(2)11/h1-5H3,(H,10,11)/b9-6+. The summed E-state index contributed by atoms with van der Waals surface area (Å²) in [5.74, 6) is -0.131. The first kappa shape index (κ1) is 10.1. The van der Waals surface area contributed by atoms with Crippen LogP contribution in [0.15, 0.2) is 5.10 Å². The number of hydrogen-bond acceptors (Lipinski definition) is 2. The number of hydrogen-bond donors (Lipinski definition) is 1. The van der Waals surface area contributed by atoms with E-state index in [1.165, 1.54) is 6.92 Å². The van der Waals surface area contributed by atoms with Crippen LogP contribution in [0, 0.1) is 5.41 Å². The highest BCUT2D eigenvalue weighted by Gasteiger charge is 2.13. The van der Waals surface area contributed by atoms with E-state index in [0.717, 1.165) is 5.71 Å². The Hall–Kier alpha value is -0.860. The van der Waals surface area contributed by atoms with Crippen molar-refractivity contribution in [2.45, 2.75) is 34.6 Å². The molecule has 0 aliphatic rings. The first-order valence-electron chi connectivity index (χ1n) is 3.65. The van der Waals surface area contributed by atoms with Gasteiger partial charge in [-0.25, -0.2) is 5.43 Å². The fourth-order valence-electron chi connectivity index (χ4n) is 0.330. The lowest BCUT2D eigenvalue weighted by atomic mass is 9.91. The number of nitrogens with one attached hydrogen (secondary N) is 1. The molecule has 1 N–H and O–H groups in total. The van der Waals surface area contributed by atoms with Gasteiger partial charge < -0.3 is 0 Å². The maximum absolute atomic E-state index is 10.5. The highest BCUT2D eigenvalue weighted by molar-refractivity contribution is 5.88. The van der Waals surface area contributed by atoms with Gasteiger partial charge in [0, 0.05) is 18.1 Å². The lowest BCUT2D eigenvalue weighted by molar-refractivity contribution is -0.118. The normalized spacial score (nSPS) is 13.0. The van der Waals surface area contributed by atoms with E-state index in [1.54, 1.807) is 0 Å². The second-order valence-electron chi connectivity index (χ2n) is 3.62. The monoisotopic (exact) mass is 156 g/mol. The van der Waals surface area contributed by atoms with Gasteiger partial charge in [-0.1, -0.05) is 20.8 Å². The van der Waals surface area contributed by atoms with Gasteiger partial charge in [0.15, 0.2) is 0 Å². The Bertz CT molecular complexity index is 177. The molecule has 64 valence electrons. The van der Waals surface area contributed by atoms with E-state index in [0.29, 0.717) is 0 Å². The van der Waals surface area contributed by atoms with Gasteiger partial charge in [0.2, 0.25) is 5.91 Å². The van der Waals surface area contributed by atoms with E-state index >= 15 is 0 Å². The largest absolute Gasteiger partial charge is 0.274 e. The van der Waals surface area contributed by atoms with Crippen molar-refractivity contribution in [1.29, 1.82) is 0 Å². The predicted octanol–water partition coefficient (Wildman–Crippen LogP) is 1.54. The molecule has 0 spiro atoms. The zero-order valence-electron chi connectivity index (χ0n) is 7.86. The van der Waals surface area contributed by atoms with E-state index in [9.17, 15) is 4.79 Å². The molecular formula is C8H16N2O. The van der Waals surface area contributed by atoms with E-state index in [2.05, 4.69) is 10.5 Å². The third kappa shape index (κ3) is 4.53. The summed E-state index contributed by atoms with van der Waals surface area (Å²) < 4.78 is 0. The summed E-state index contributed by atoms with van der Waals surface area (Å²) in [6.07, 6.45) is 0. The zero-order valence-corrected chi connectivity index (χ0v) is 7.86. The summed E-state index contributed by atoms with van der Waals surface area (Å²) >= 11 is 0. The van der Waals surface area contributed by atoms with Crippen LogP contribution >= 0.6 is 0 Å². The highest BCUT2D eigenvalue weighted by Crippen LogP contribution is 2.14. The topological polar surface area (TPSA) is 41.5 Å². The summed E-state index contributed by atoms with van der Waals surface area (Å²) in [5, 5.41) is 3.91. The molecule has 0 aliphatic carbocycles. The third-order valence-corrected chi connectivity index (χ3v) is 1.47. The number of rotatable bonds is 1. The van der Waals surface area contributed by atoms with E-state index in [1.807, 2.05) is 27.7 Å². The highest BCUT2D eigenvalue weighted by atomic mass is 16.2. The second kappa shape index (κ2) is 3.51. The number of nitrogens with zero attached hydrogens (tertiary/aromatic N) is 1. The fraction of sp³-hybridized carbons (Fsp3) is 0.750. The average Bonchev–Trinajstić information content (AvgIpc) is 1.80. The average molecular weight is 156 g/mol. The molecule has 1 amide bonds. The number of carbonyl (C=O) groups is 1. The first-order chi connectivity index (χ1) is 4.84.